The summed E-state index contributed by atoms with van der Waals surface area (Å²) < 4.78 is 0. The van der Waals surface area contributed by atoms with Gasteiger partial charge in [0.2, 0.25) is 0 Å². The van der Waals surface area contributed by atoms with Gasteiger partial charge < -0.3 is 5.11 Å². The third kappa shape index (κ3) is 4.27. The topological polar surface area (TPSA) is 20.2 Å². The Hall–Kier alpha value is 0.177. The summed E-state index contributed by atoms with van der Waals surface area (Å²) in [6.45, 7) is 7.07. The highest BCUT2D eigenvalue weighted by atomic mass is 28.3. The fourth-order valence-corrected chi connectivity index (χ4v) is 4.88. The zero-order valence-corrected chi connectivity index (χ0v) is 10.4. The molecule has 1 fully saturated rings. The van der Waals surface area contributed by atoms with E-state index in [1.165, 1.54) is 25.7 Å². The van der Waals surface area contributed by atoms with E-state index in [0.717, 1.165) is 18.9 Å². The van der Waals surface area contributed by atoms with Gasteiger partial charge in [-0.1, -0.05) is 45.3 Å². The molecule has 0 radical (unpaired) electrons. The Labute approximate surface area is 83.6 Å². The molecule has 13 heavy (non-hydrogen) atoms. The Morgan fingerprint density at radius 3 is 1.85 bits per heavy atom. The fourth-order valence-electron chi connectivity index (χ4n) is 2.55. The van der Waals surface area contributed by atoms with Crippen LogP contribution < -0.4 is 0 Å². The molecule has 1 saturated carbocycles. The quantitative estimate of drug-likeness (QED) is 0.535. The van der Waals surface area contributed by atoms with E-state index in [-0.39, 0.29) is 5.60 Å². The van der Waals surface area contributed by atoms with Crippen molar-refractivity contribution in [1.82, 2.24) is 0 Å². The Morgan fingerprint density at radius 2 is 1.46 bits per heavy atom. The lowest BCUT2D eigenvalue weighted by atomic mass is 9.97. The molecule has 78 valence electrons. The standard InChI is InChI=1S/C11H24OSi/c1-13(2,3)10-11(12)8-6-4-5-7-9-11/h12H,4-10H2,1-3H3. The highest BCUT2D eigenvalue weighted by Gasteiger charge is 2.33. The predicted octanol–water partition coefficient (Wildman–Crippen LogP) is 3.41. The summed E-state index contributed by atoms with van der Waals surface area (Å²) in [5.41, 5.74) is -0.291. The highest BCUT2D eigenvalue weighted by molar-refractivity contribution is 6.76. The van der Waals surface area contributed by atoms with Gasteiger partial charge in [0.05, 0.1) is 5.60 Å². The molecule has 0 aromatic carbocycles. The molecule has 0 saturated heterocycles. The lowest BCUT2D eigenvalue weighted by Crippen LogP contribution is -2.37. The largest absolute Gasteiger partial charge is 0.390 e. The summed E-state index contributed by atoms with van der Waals surface area (Å²) in [6, 6.07) is 1.10. The van der Waals surface area contributed by atoms with Gasteiger partial charge in [0.1, 0.15) is 0 Å². The van der Waals surface area contributed by atoms with Gasteiger partial charge in [0.25, 0.3) is 0 Å². The molecule has 1 rings (SSSR count). The molecular weight excluding hydrogens is 176 g/mol. The maximum absolute atomic E-state index is 10.4. The van der Waals surface area contributed by atoms with E-state index < -0.39 is 8.07 Å². The molecule has 1 aliphatic rings. The molecule has 1 N–H and O–H groups in total. The van der Waals surface area contributed by atoms with Gasteiger partial charge in [0.15, 0.2) is 0 Å². The summed E-state index contributed by atoms with van der Waals surface area (Å²) in [7, 11) is -1.09. The minimum atomic E-state index is -1.09. The summed E-state index contributed by atoms with van der Waals surface area (Å²) in [6.07, 6.45) is 7.23. The third-order valence-electron chi connectivity index (χ3n) is 2.89. The molecule has 0 amide bonds. The predicted molar refractivity (Wildman–Crippen MR) is 60.8 cm³/mol. The van der Waals surface area contributed by atoms with Crippen LogP contribution >= 0.6 is 0 Å². The second-order valence-electron chi connectivity index (χ2n) is 5.88. The molecule has 0 aromatic heterocycles. The Morgan fingerprint density at radius 1 is 1.00 bits per heavy atom. The average molecular weight is 200 g/mol. The maximum atomic E-state index is 10.4. The van der Waals surface area contributed by atoms with Crippen molar-refractivity contribution in [1.29, 1.82) is 0 Å². The van der Waals surface area contributed by atoms with E-state index in [2.05, 4.69) is 19.6 Å². The molecule has 1 aliphatic carbocycles. The van der Waals surface area contributed by atoms with Crippen molar-refractivity contribution in [2.45, 2.75) is 69.8 Å². The average Bonchev–Trinajstić information content (AvgIpc) is 2.09. The van der Waals surface area contributed by atoms with Gasteiger partial charge in [-0.05, 0) is 18.9 Å². The first-order valence-electron chi connectivity index (χ1n) is 5.64. The fraction of sp³-hybridized carbons (Fsp3) is 1.00. The van der Waals surface area contributed by atoms with Gasteiger partial charge in [0, 0.05) is 8.07 Å². The van der Waals surface area contributed by atoms with Gasteiger partial charge in [-0.25, -0.2) is 0 Å². The first kappa shape index (κ1) is 11.3. The first-order chi connectivity index (χ1) is 5.91. The van der Waals surface area contributed by atoms with Crippen LogP contribution in [0.15, 0.2) is 0 Å². The van der Waals surface area contributed by atoms with Crippen LogP contribution in [0.1, 0.15) is 38.5 Å². The maximum Gasteiger partial charge on any atom is 0.0624 e. The zero-order chi connectivity index (χ0) is 9.95. The molecule has 0 aromatic rings. The van der Waals surface area contributed by atoms with Crippen molar-refractivity contribution in [3.05, 3.63) is 0 Å². The molecule has 1 nitrogen and oxygen atoms in total. The van der Waals surface area contributed by atoms with Crippen molar-refractivity contribution in [3.8, 4) is 0 Å². The third-order valence-corrected chi connectivity index (χ3v) is 4.61. The monoisotopic (exact) mass is 200 g/mol. The van der Waals surface area contributed by atoms with Crippen LogP contribution in [0, 0.1) is 0 Å². The number of hydrogen-bond donors (Lipinski definition) is 1. The van der Waals surface area contributed by atoms with Crippen LogP contribution in [-0.4, -0.2) is 18.8 Å². The molecular formula is C11H24OSi. The van der Waals surface area contributed by atoms with Crippen LogP contribution in [0.2, 0.25) is 25.7 Å². The van der Waals surface area contributed by atoms with Crippen molar-refractivity contribution in [2.75, 3.05) is 0 Å². The lowest BCUT2D eigenvalue weighted by Gasteiger charge is -2.32. The van der Waals surface area contributed by atoms with Crippen molar-refractivity contribution < 1.29 is 5.11 Å². The van der Waals surface area contributed by atoms with E-state index in [0.29, 0.717) is 0 Å². The van der Waals surface area contributed by atoms with E-state index >= 15 is 0 Å². The highest BCUT2D eigenvalue weighted by Crippen LogP contribution is 2.33. The molecule has 0 spiro atoms. The van der Waals surface area contributed by atoms with Crippen LogP contribution in [0.5, 0.6) is 0 Å². The number of hydrogen-bond acceptors (Lipinski definition) is 1. The van der Waals surface area contributed by atoms with E-state index in [4.69, 9.17) is 0 Å². The van der Waals surface area contributed by atoms with E-state index in [1.807, 2.05) is 0 Å². The second-order valence-corrected chi connectivity index (χ2v) is 11.4. The van der Waals surface area contributed by atoms with Crippen LogP contribution in [0.25, 0.3) is 0 Å². The zero-order valence-electron chi connectivity index (χ0n) is 9.40. The molecule has 0 aliphatic heterocycles. The number of rotatable bonds is 2. The van der Waals surface area contributed by atoms with E-state index in [1.54, 1.807) is 0 Å². The minimum absolute atomic E-state index is 0.291. The summed E-state index contributed by atoms with van der Waals surface area (Å²) in [4.78, 5) is 0. The second kappa shape index (κ2) is 4.14. The van der Waals surface area contributed by atoms with Gasteiger partial charge in [-0.15, -0.1) is 0 Å². The SMILES string of the molecule is C[Si](C)(C)CC1(O)CCCCCC1. The first-order valence-corrected chi connectivity index (χ1v) is 9.34. The summed E-state index contributed by atoms with van der Waals surface area (Å²) >= 11 is 0. The Bertz CT molecular complexity index is 152. The van der Waals surface area contributed by atoms with Crippen molar-refractivity contribution in [3.63, 3.8) is 0 Å². The van der Waals surface area contributed by atoms with Crippen LogP contribution in [0.3, 0.4) is 0 Å². The van der Waals surface area contributed by atoms with Gasteiger partial charge >= 0.3 is 0 Å². The summed E-state index contributed by atoms with van der Waals surface area (Å²) in [5, 5.41) is 10.4. The normalized spacial score (nSPS) is 24.0. The molecule has 0 atom stereocenters. The van der Waals surface area contributed by atoms with Gasteiger partial charge in [-0.2, -0.15) is 0 Å². The van der Waals surface area contributed by atoms with Crippen molar-refractivity contribution in [2.24, 2.45) is 0 Å². The molecule has 0 unspecified atom stereocenters. The molecule has 0 bridgehead atoms. The smallest absolute Gasteiger partial charge is 0.0624 e. The van der Waals surface area contributed by atoms with E-state index in [9.17, 15) is 5.11 Å². The van der Waals surface area contributed by atoms with Crippen LogP contribution in [0.4, 0.5) is 0 Å². The molecule has 0 heterocycles. The minimum Gasteiger partial charge on any atom is -0.390 e. The van der Waals surface area contributed by atoms with Crippen molar-refractivity contribution >= 4 is 8.07 Å². The van der Waals surface area contributed by atoms with Crippen LogP contribution in [-0.2, 0) is 0 Å². The summed E-state index contributed by atoms with van der Waals surface area (Å²) in [5.74, 6) is 0. The Balaban J connectivity index is 2.52. The van der Waals surface area contributed by atoms with Gasteiger partial charge in [-0.3, -0.25) is 0 Å². The molecule has 2 heteroatoms. The lowest BCUT2D eigenvalue weighted by molar-refractivity contribution is 0.0430. The number of aliphatic hydroxyl groups is 1. The Kier molecular flexibility index (Phi) is 3.58.